The molecule has 106 valence electrons. The quantitative estimate of drug-likeness (QED) is 0.837. The third-order valence-corrected chi connectivity index (χ3v) is 4.49. The van der Waals surface area contributed by atoms with Gasteiger partial charge < -0.3 is 4.74 Å². The van der Waals surface area contributed by atoms with E-state index in [4.69, 9.17) is 4.74 Å². The van der Waals surface area contributed by atoms with Crippen molar-refractivity contribution in [1.29, 1.82) is 0 Å². The summed E-state index contributed by atoms with van der Waals surface area (Å²) >= 11 is 3.47. The van der Waals surface area contributed by atoms with Gasteiger partial charge in [-0.25, -0.2) is 4.39 Å². The molecule has 0 radical (unpaired) electrons. The van der Waals surface area contributed by atoms with E-state index in [1.807, 2.05) is 13.0 Å². The lowest BCUT2D eigenvalue weighted by molar-refractivity contribution is -0.0285. The van der Waals surface area contributed by atoms with Crippen LogP contribution in [0.25, 0.3) is 0 Å². The lowest BCUT2D eigenvalue weighted by Crippen LogP contribution is -2.47. The summed E-state index contributed by atoms with van der Waals surface area (Å²) in [6.45, 7) is 9.59. The molecule has 1 aromatic carbocycles. The van der Waals surface area contributed by atoms with Crippen molar-refractivity contribution in [3.05, 3.63) is 33.5 Å². The van der Waals surface area contributed by atoms with Crippen LogP contribution in [-0.4, -0.2) is 30.7 Å². The Hall–Kier alpha value is -0.450. The van der Waals surface area contributed by atoms with Crippen LogP contribution < -0.4 is 0 Å². The van der Waals surface area contributed by atoms with Crippen LogP contribution in [0, 0.1) is 18.7 Å². The van der Waals surface area contributed by atoms with E-state index < -0.39 is 0 Å². The molecular formula is C15H21BrFNO. The highest BCUT2D eigenvalue weighted by Crippen LogP contribution is 2.25. The van der Waals surface area contributed by atoms with E-state index >= 15 is 0 Å². The maximum atomic E-state index is 13.5. The monoisotopic (exact) mass is 329 g/mol. The number of ether oxygens (including phenoxy) is 1. The average molecular weight is 330 g/mol. The van der Waals surface area contributed by atoms with Crippen molar-refractivity contribution in [2.45, 2.75) is 33.4 Å². The van der Waals surface area contributed by atoms with Gasteiger partial charge in [-0.15, -0.1) is 0 Å². The van der Waals surface area contributed by atoms with E-state index in [1.165, 1.54) is 0 Å². The van der Waals surface area contributed by atoms with Crippen molar-refractivity contribution in [2.24, 2.45) is 5.92 Å². The van der Waals surface area contributed by atoms with E-state index in [9.17, 15) is 4.39 Å². The first kappa shape index (κ1) is 14.9. The molecule has 1 aromatic rings. The van der Waals surface area contributed by atoms with E-state index in [0.717, 1.165) is 36.3 Å². The maximum Gasteiger partial charge on any atom is 0.127 e. The Kier molecular flexibility index (Phi) is 4.98. The van der Waals surface area contributed by atoms with Crippen molar-refractivity contribution in [1.82, 2.24) is 4.90 Å². The van der Waals surface area contributed by atoms with Crippen LogP contribution in [0.2, 0.25) is 0 Å². The molecular weight excluding hydrogens is 309 g/mol. The Labute approximate surface area is 123 Å². The van der Waals surface area contributed by atoms with Crippen molar-refractivity contribution < 1.29 is 9.13 Å². The second-order valence-electron chi connectivity index (χ2n) is 5.55. The van der Waals surface area contributed by atoms with Gasteiger partial charge in [-0.05, 0) is 30.0 Å². The summed E-state index contributed by atoms with van der Waals surface area (Å²) in [6, 6.07) is 3.94. The third kappa shape index (κ3) is 3.56. The second-order valence-corrected chi connectivity index (χ2v) is 6.40. The van der Waals surface area contributed by atoms with E-state index in [1.54, 1.807) is 6.07 Å². The van der Waals surface area contributed by atoms with Gasteiger partial charge in [0.25, 0.3) is 0 Å². The van der Waals surface area contributed by atoms with E-state index in [0.29, 0.717) is 17.5 Å². The summed E-state index contributed by atoms with van der Waals surface area (Å²) in [5.41, 5.74) is 1.85. The maximum absolute atomic E-state index is 13.5. The SMILES string of the molecule is Cc1cc(CN2CCOC[C@H]2C(C)C)c(Br)cc1F. The molecule has 1 heterocycles. The van der Waals surface area contributed by atoms with Crippen molar-refractivity contribution in [3.63, 3.8) is 0 Å². The molecule has 1 fully saturated rings. The summed E-state index contributed by atoms with van der Waals surface area (Å²) in [4.78, 5) is 2.44. The van der Waals surface area contributed by atoms with Gasteiger partial charge in [0.2, 0.25) is 0 Å². The first-order valence-corrected chi connectivity index (χ1v) is 7.54. The number of rotatable bonds is 3. The number of halogens is 2. The molecule has 0 N–H and O–H groups in total. The summed E-state index contributed by atoms with van der Waals surface area (Å²) in [5, 5.41) is 0. The molecule has 19 heavy (non-hydrogen) atoms. The molecule has 0 aromatic heterocycles. The normalized spacial score (nSPS) is 21.1. The lowest BCUT2D eigenvalue weighted by Gasteiger charge is -2.38. The molecule has 1 saturated heterocycles. The van der Waals surface area contributed by atoms with Crippen LogP contribution in [0.1, 0.15) is 25.0 Å². The molecule has 0 aliphatic carbocycles. The molecule has 1 atom stereocenters. The number of benzene rings is 1. The van der Waals surface area contributed by atoms with Gasteiger partial charge in [-0.3, -0.25) is 4.90 Å². The van der Waals surface area contributed by atoms with Crippen LogP contribution in [0.5, 0.6) is 0 Å². The zero-order chi connectivity index (χ0) is 14.0. The number of nitrogens with zero attached hydrogens (tertiary/aromatic N) is 1. The zero-order valence-corrected chi connectivity index (χ0v) is 13.3. The summed E-state index contributed by atoms with van der Waals surface area (Å²) in [7, 11) is 0. The van der Waals surface area contributed by atoms with Gasteiger partial charge >= 0.3 is 0 Å². The van der Waals surface area contributed by atoms with Crippen LogP contribution in [0.4, 0.5) is 4.39 Å². The standard InChI is InChI=1S/C15H21BrFNO/c1-10(2)15-9-19-5-4-18(15)8-12-6-11(3)14(17)7-13(12)16/h6-7,10,15H,4-5,8-9H2,1-3H3/t15-/m0/s1. The van der Waals surface area contributed by atoms with Crippen molar-refractivity contribution >= 4 is 15.9 Å². The van der Waals surface area contributed by atoms with Gasteiger partial charge in [0, 0.05) is 23.6 Å². The Morgan fingerprint density at radius 3 is 2.89 bits per heavy atom. The molecule has 0 amide bonds. The van der Waals surface area contributed by atoms with Gasteiger partial charge in [0.1, 0.15) is 5.82 Å². The lowest BCUT2D eigenvalue weighted by atomic mass is 10.0. The number of morpholine rings is 1. The van der Waals surface area contributed by atoms with E-state index in [2.05, 4.69) is 34.7 Å². The smallest absolute Gasteiger partial charge is 0.127 e. The molecule has 2 rings (SSSR count). The molecule has 2 nitrogen and oxygen atoms in total. The molecule has 0 bridgehead atoms. The van der Waals surface area contributed by atoms with Crippen molar-refractivity contribution in [3.8, 4) is 0 Å². The number of hydrogen-bond donors (Lipinski definition) is 0. The predicted molar refractivity (Wildman–Crippen MR) is 78.7 cm³/mol. The van der Waals surface area contributed by atoms with Gasteiger partial charge in [0.15, 0.2) is 0 Å². The molecule has 0 saturated carbocycles. The molecule has 1 aliphatic heterocycles. The van der Waals surface area contributed by atoms with Gasteiger partial charge in [-0.1, -0.05) is 35.8 Å². The van der Waals surface area contributed by atoms with Crippen molar-refractivity contribution in [2.75, 3.05) is 19.8 Å². The first-order valence-electron chi connectivity index (χ1n) is 6.75. The molecule has 0 unspecified atom stereocenters. The fraction of sp³-hybridized carbons (Fsp3) is 0.600. The van der Waals surface area contributed by atoms with Crippen LogP contribution in [0.15, 0.2) is 16.6 Å². The highest BCUT2D eigenvalue weighted by Gasteiger charge is 2.26. The summed E-state index contributed by atoms with van der Waals surface area (Å²) < 4.78 is 19.9. The minimum Gasteiger partial charge on any atom is -0.378 e. The summed E-state index contributed by atoms with van der Waals surface area (Å²) in [6.07, 6.45) is 0. The van der Waals surface area contributed by atoms with Gasteiger partial charge in [0.05, 0.1) is 13.2 Å². The topological polar surface area (TPSA) is 12.5 Å². The first-order chi connectivity index (χ1) is 8.99. The number of hydrogen-bond acceptors (Lipinski definition) is 2. The predicted octanol–water partition coefficient (Wildman–Crippen LogP) is 3.75. The minimum absolute atomic E-state index is 0.155. The number of aryl methyl sites for hydroxylation is 1. The average Bonchev–Trinajstić information content (AvgIpc) is 2.36. The van der Waals surface area contributed by atoms with Crippen LogP contribution in [-0.2, 0) is 11.3 Å². The fourth-order valence-corrected chi connectivity index (χ4v) is 2.97. The van der Waals surface area contributed by atoms with Crippen LogP contribution in [0.3, 0.4) is 0 Å². The Bertz CT molecular complexity index is 450. The highest BCUT2D eigenvalue weighted by atomic mass is 79.9. The Morgan fingerprint density at radius 2 is 2.21 bits per heavy atom. The fourth-order valence-electron chi connectivity index (χ4n) is 2.52. The van der Waals surface area contributed by atoms with Gasteiger partial charge in [-0.2, -0.15) is 0 Å². The molecule has 1 aliphatic rings. The third-order valence-electron chi connectivity index (χ3n) is 3.75. The molecule has 0 spiro atoms. The zero-order valence-electron chi connectivity index (χ0n) is 11.7. The highest BCUT2D eigenvalue weighted by molar-refractivity contribution is 9.10. The second kappa shape index (κ2) is 6.33. The Balaban J connectivity index is 2.17. The molecule has 4 heteroatoms. The minimum atomic E-state index is -0.155. The Morgan fingerprint density at radius 1 is 1.47 bits per heavy atom. The summed E-state index contributed by atoms with van der Waals surface area (Å²) in [5.74, 6) is 0.402. The van der Waals surface area contributed by atoms with Crippen LogP contribution >= 0.6 is 15.9 Å². The van der Waals surface area contributed by atoms with E-state index in [-0.39, 0.29) is 5.82 Å². The largest absolute Gasteiger partial charge is 0.378 e.